The summed E-state index contributed by atoms with van der Waals surface area (Å²) in [5.41, 5.74) is 6.18. The molecular weight excluding hydrogens is 922 g/mol. The third kappa shape index (κ3) is 10.4. The first-order valence-corrected chi connectivity index (χ1v) is 24.1. The van der Waals surface area contributed by atoms with Gasteiger partial charge in [-0.2, -0.15) is 9.57 Å². The molecule has 0 radical (unpaired) electrons. The number of hydrogen-bond acceptors (Lipinski definition) is 11. The van der Waals surface area contributed by atoms with Gasteiger partial charge in [0.15, 0.2) is 26.9 Å². The van der Waals surface area contributed by atoms with Crippen LogP contribution in [0.4, 0.5) is 5.13 Å². The number of carbonyl (C=O) groups excluding carboxylic acids is 1. The number of carbonyl (C=O) groups is 2. The highest BCUT2D eigenvalue weighted by Crippen LogP contribution is 2.43. The number of thiazole rings is 1. The average molecular weight is 967 g/mol. The van der Waals surface area contributed by atoms with Crippen molar-refractivity contribution >= 4 is 61.6 Å². The summed E-state index contributed by atoms with van der Waals surface area (Å²) in [5.74, 6) is -0.265. The second-order valence-electron chi connectivity index (χ2n) is 16.5. The minimum absolute atomic E-state index is 0.0193. The molecule has 13 nitrogen and oxygen atoms in total. The minimum Gasteiger partial charge on any atom is -0.489 e. The van der Waals surface area contributed by atoms with Crippen LogP contribution in [-0.2, 0) is 45.6 Å². The molecule has 1 amide bonds. The van der Waals surface area contributed by atoms with Crippen LogP contribution >= 0.6 is 34.5 Å². The van der Waals surface area contributed by atoms with E-state index in [-0.39, 0.29) is 41.8 Å². The highest BCUT2D eigenvalue weighted by atomic mass is 35.5. The number of nitrogens with zero attached hydrogens (tertiary/aromatic N) is 3. The average Bonchev–Trinajstić information content (AvgIpc) is 3.71. The van der Waals surface area contributed by atoms with Gasteiger partial charge in [-0.25, -0.2) is 18.2 Å². The molecule has 5 aromatic carbocycles. The monoisotopic (exact) mass is 965 g/mol. The molecule has 3 heterocycles. The molecular formula is C49H45Cl2N5O8S2. The molecule has 0 saturated carbocycles. The van der Waals surface area contributed by atoms with Gasteiger partial charge in [-0.1, -0.05) is 103 Å². The Bertz CT molecular complexity index is 2920. The van der Waals surface area contributed by atoms with E-state index in [4.69, 9.17) is 42.7 Å². The van der Waals surface area contributed by atoms with Gasteiger partial charge >= 0.3 is 5.97 Å². The van der Waals surface area contributed by atoms with Gasteiger partial charge in [-0.15, -0.1) is 0 Å². The zero-order valence-corrected chi connectivity index (χ0v) is 39.2. The van der Waals surface area contributed by atoms with Crippen LogP contribution in [0.5, 0.6) is 17.2 Å². The maximum absolute atomic E-state index is 14.8. The summed E-state index contributed by atoms with van der Waals surface area (Å²) < 4.78 is 49.3. The lowest BCUT2D eigenvalue weighted by Crippen LogP contribution is -2.55. The van der Waals surface area contributed by atoms with Crippen LogP contribution in [-0.4, -0.2) is 59.9 Å². The molecule has 0 fully saturated rings. The van der Waals surface area contributed by atoms with E-state index in [2.05, 4.69) is 21.7 Å². The van der Waals surface area contributed by atoms with Gasteiger partial charge in [-0.3, -0.25) is 4.79 Å². The number of nitriles is 1. The number of halogens is 2. The third-order valence-corrected chi connectivity index (χ3v) is 15.6. The molecule has 0 bridgehead atoms. The second kappa shape index (κ2) is 19.8. The summed E-state index contributed by atoms with van der Waals surface area (Å²) in [7, 11) is -4.38. The van der Waals surface area contributed by atoms with E-state index >= 15 is 0 Å². The third-order valence-electron chi connectivity index (χ3n) is 11.3. The predicted molar refractivity (Wildman–Crippen MR) is 253 cm³/mol. The zero-order valence-electron chi connectivity index (χ0n) is 36.1. The highest BCUT2D eigenvalue weighted by Gasteiger charge is 2.43. The fourth-order valence-electron chi connectivity index (χ4n) is 7.71. The number of aliphatic carboxylic acids is 1. The maximum Gasteiger partial charge on any atom is 0.326 e. The van der Waals surface area contributed by atoms with Crippen molar-refractivity contribution in [3.8, 4) is 34.4 Å². The van der Waals surface area contributed by atoms with E-state index in [0.29, 0.717) is 67.8 Å². The van der Waals surface area contributed by atoms with Crippen LogP contribution in [0, 0.1) is 24.2 Å². The summed E-state index contributed by atoms with van der Waals surface area (Å²) in [6.45, 7) is 6.52. The Morgan fingerprint density at radius 3 is 2.29 bits per heavy atom. The molecule has 2 aliphatic rings. The van der Waals surface area contributed by atoms with E-state index in [9.17, 15) is 23.1 Å². The number of benzene rings is 5. The molecule has 3 N–H and O–H groups in total. The number of carboxylic acid groups (broad SMARTS) is 1. The van der Waals surface area contributed by atoms with E-state index < -0.39 is 40.1 Å². The summed E-state index contributed by atoms with van der Waals surface area (Å²) in [5, 5.41) is 26.7. The van der Waals surface area contributed by atoms with Crippen molar-refractivity contribution < 1.29 is 37.3 Å². The second-order valence-corrected chi connectivity index (χ2v) is 20.4. The highest BCUT2D eigenvalue weighted by molar-refractivity contribution is 7.91. The first kappa shape index (κ1) is 46.4. The Morgan fingerprint density at radius 2 is 1.62 bits per heavy atom. The van der Waals surface area contributed by atoms with Gasteiger partial charge in [-0.05, 0) is 107 Å². The standard InChI is InChI=1S/C49H45Cl2N5O8S2/c1-28(2)24-53-49-54-29(3)48(65-49)66(60,61)56-25-37-22-44-43(63-27-45(64-44)35-13-15-38(16-14-35)62-26-32-8-17-39(50)40(51)18-32)21-36(37)20-42(56)46(57)55-41(47(58)59)19-30-4-9-33(10-5-30)34-11-6-31(23-52)7-12-34/h4-18,21-22,28,41-42,45H,19-20,24-27H2,1-3H3,(H,53,54)(H,55,57)(H,58,59). The quantitative estimate of drug-likeness (QED) is 0.0893. The van der Waals surface area contributed by atoms with Gasteiger partial charge in [0.1, 0.15) is 31.0 Å². The number of anilines is 1. The number of aromatic nitrogens is 1. The smallest absolute Gasteiger partial charge is 0.326 e. The van der Waals surface area contributed by atoms with Gasteiger partial charge in [0.2, 0.25) is 5.91 Å². The predicted octanol–water partition coefficient (Wildman–Crippen LogP) is 9.38. The lowest BCUT2D eigenvalue weighted by atomic mass is 9.94. The normalized spacial score (nSPS) is 16.2. The fourth-order valence-corrected chi connectivity index (χ4v) is 11.1. The van der Waals surface area contributed by atoms with Crippen LogP contribution < -0.4 is 24.8 Å². The number of aryl methyl sites for hydroxylation is 1. The van der Waals surface area contributed by atoms with Crippen molar-refractivity contribution in [2.45, 2.75) is 69.2 Å². The number of rotatable bonds is 15. The van der Waals surface area contributed by atoms with Crippen molar-refractivity contribution in [2.24, 2.45) is 5.92 Å². The van der Waals surface area contributed by atoms with Crippen LogP contribution in [0.1, 0.15) is 59.0 Å². The molecule has 340 valence electrons. The summed E-state index contributed by atoms with van der Waals surface area (Å²) in [6, 6.07) is 30.0. The molecule has 8 rings (SSSR count). The Labute approximate surface area is 396 Å². The number of fused-ring (bicyclic) bond motifs is 2. The molecule has 17 heteroatoms. The Hall–Kier alpha value is -6.15. The lowest BCUT2D eigenvalue weighted by Gasteiger charge is -2.36. The Morgan fingerprint density at radius 1 is 0.939 bits per heavy atom. The minimum atomic E-state index is -4.38. The molecule has 0 aliphatic carbocycles. The van der Waals surface area contributed by atoms with Crippen molar-refractivity contribution in [1.82, 2.24) is 14.6 Å². The SMILES string of the molecule is Cc1nc(NCC(C)C)sc1S(=O)(=O)N1Cc2cc3c(cc2CC1C(=O)NC(Cc1ccc(-c2ccc(C#N)cc2)cc1)C(=O)O)OCC(c1ccc(OCc2ccc(Cl)c(Cl)c2)cc1)O3. The number of sulfonamides is 1. The fraction of sp³-hybridized carbons (Fsp3) is 0.265. The molecule has 66 heavy (non-hydrogen) atoms. The topological polar surface area (TPSA) is 180 Å². The van der Waals surface area contributed by atoms with Crippen LogP contribution in [0.3, 0.4) is 0 Å². The molecule has 0 saturated heterocycles. The van der Waals surface area contributed by atoms with E-state index in [1.165, 1.54) is 0 Å². The molecule has 2 aliphatic heterocycles. The number of carboxylic acids is 1. The molecule has 6 aromatic rings. The summed E-state index contributed by atoms with van der Waals surface area (Å²) >= 11 is 13.2. The van der Waals surface area contributed by atoms with Crippen molar-refractivity contribution in [1.29, 1.82) is 5.26 Å². The molecule has 1 aromatic heterocycles. The van der Waals surface area contributed by atoms with Crippen molar-refractivity contribution in [2.75, 3.05) is 18.5 Å². The Kier molecular flexibility index (Phi) is 13.9. The number of hydrogen-bond donors (Lipinski definition) is 3. The number of ether oxygens (including phenoxy) is 3. The van der Waals surface area contributed by atoms with Crippen molar-refractivity contribution in [3.63, 3.8) is 0 Å². The first-order valence-electron chi connectivity index (χ1n) is 21.1. The first-order chi connectivity index (χ1) is 31.6. The van der Waals surface area contributed by atoms with Crippen LogP contribution in [0.2, 0.25) is 10.0 Å². The van der Waals surface area contributed by atoms with Gasteiger partial charge in [0.25, 0.3) is 10.0 Å². The van der Waals surface area contributed by atoms with Crippen LogP contribution in [0.25, 0.3) is 11.1 Å². The van der Waals surface area contributed by atoms with Gasteiger partial charge < -0.3 is 30.0 Å². The zero-order chi connectivity index (χ0) is 46.7. The molecule has 3 unspecified atom stereocenters. The molecule has 0 spiro atoms. The van der Waals surface area contributed by atoms with E-state index in [1.54, 1.807) is 55.5 Å². The lowest BCUT2D eigenvalue weighted by molar-refractivity contribution is -0.142. The van der Waals surface area contributed by atoms with Gasteiger partial charge in [0.05, 0.1) is 27.4 Å². The number of amides is 1. The summed E-state index contributed by atoms with van der Waals surface area (Å²) in [6.07, 6.45) is -0.609. The molecule has 3 atom stereocenters. The number of nitrogens with one attached hydrogen (secondary N) is 2. The largest absolute Gasteiger partial charge is 0.489 e. The van der Waals surface area contributed by atoms with E-state index in [0.717, 1.165) is 37.9 Å². The van der Waals surface area contributed by atoms with Crippen LogP contribution in [0.15, 0.2) is 107 Å². The van der Waals surface area contributed by atoms with Gasteiger partial charge in [0, 0.05) is 19.5 Å². The van der Waals surface area contributed by atoms with E-state index in [1.807, 2.05) is 68.4 Å². The van der Waals surface area contributed by atoms with Crippen molar-refractivity contribution in [3.05, 3.63) is 152 Å². The summed E-state index contributed by atoms with van der Waals surface area (Å²) in [4.78, 5) is 31.6. The Balaban J connectivity index is 1.03. The maximum atomic E-state index is 14.8.